The van der Waals surface area contributed by atoms with E-state index in [2.05, 4.69) is 10.3 Å². The fourth-order valence-corrected chi connectivity index (χ4v) is 2.84. The van der Waals surface area contributed by atoms with Gasteiger partial charge < -0.3 is 24.9 Å². The minimum atomic E-state index is -0.754. The number of methoxy groups -OCH3 is 1. The molecule has 1 aromatic heterocycles. The Hall–Kier alpha value is -2.83. The fourth-order valence-electron chi connectivity index (χ4n) is 2.84. The molecule has 1 heterocycles. The summed E-state index contributed by atoms with van der Waals surface area (Å²) in [6, 6.07) is 15.4. The average Bonchev–Trinajstić information content (AvgIpc) is 3.10. The van der Waals surface area contributed by atoms with Crippen LogP contribution in [0.2, 0.25) is 0 Å². The number of aromatic amines is 1. The number of carbonyl (C=O) groups is 1. The quantitative estimate of drug-likeness (QED) is 0.542. The zero-order chi connectivity index (χ0) is 19.1. The van der Waals surface area contributed by atoms with Gasteiger partial charge in [-0.05, 0) is 29.3 Å². The summed E-state index contributed by atoms with van der Waals surface area (Å²) in [6.45, 7) is 0.702. The van der Waals surface area contributed by atoms with Gasteiger partial charge in [0, 0.05) is 23.6 Å². The second-order valence-electron chi connectivity index (χ2n) is 6.36. The average molecular weight is 368 g/mol. The molecular formula is C21H24N2O4. The van der Waals surface area contributed by atoms with Gasteiger partial charge in [-0.25, -0.2) is 0 Å². The molecule has 142 valence electrons. The predicted molar refractivity (Wildman–Crippen MR) is 104 cm³/mol. The van der Waals surface area contributed by atoms with Crippen molar-refractivity contribution >= 4 is 16.8 Å². The second kappa shape index (κ2) is 9.21. The summed E-state index contributed by atoms with van der Waals surface area (Å²) in [5.41, 5.74) is 2.94. The molecule has 1 atom stereocenters. The molecule has 0 aliphatic heterocycles. The number of para-hydroxylation sites is 1. The number of fused-ring (bicyclic) bond motifs is 1. The highest BCUT2D eigenvalue weighted by molar-refractivity contribution is 5.88. The zero-order valence-corrected chi connectivity index (χ0v) is 15.3. The van der Waals surface area contributed by atoms with E-state index < -0.39 is 6.10 Å². The van der Waals surface area contributed by atoms with Gasteiger partial charge in [0.2, 0.25) is 5.91 Å². The number of hydrogen-bond acceptors (Lipinski definition) is 4. The molecule has 0 saturated heterocycles. The SMILES string of the molecule is COc1ccc(COC[C@@H](O)CNC(=O)Cc2c[nH]c3ccccc23)cc1. The van der Waals surface area contributed by atoms with Crippen molar-refractivity contribution in [2.45, 2.75) is 19.1 Å². The Kier molecular flexibility index (Phi) is 6.46. The first-order valence-corrected chi connectivity index (χ1v) is 8.86. The molecule has 0 aliphatic carbocycles. The highest BCUT2D eigenvalue weighted by Crippen LogP contribution is 2.18. The van der Waals surface area contributed by atoms with Gasteiger partial charge in [0.25, 0.3) is 0 Å². The molecule has 3 aromatic rings. The highest BCUT2D eigenvalue weighted by Gasteiger charge is 2.11. The number of ether oxygens (including phenoxy) is 2. The lowest BCUT2D eigenvalue weighted by Gasteiger charge is -2.12. The lowest BCUT2D eigenvalue weighted by molar-refractivity contribution is -0.121. The number of aliphatic hydroxyl groups excluding tert-OH is 1. The molecule has 0 fully saturated rings. The number of nitrogens with one attached hydrogen (secondary N) is 2. The summed E-state index contributed by atoms with van der Waals surface area (Å²) in [5, 5.41) is 13.8. The van der Waals surface area contributed by atoms with Crippen molar-refractivity contribution in [3.8, 4) is 5.75 Å². The molecule has 0 spiro atoms. The summed E-state index contributed by atoms with van der Waals surface area (Å²) in [5.74, 6) is 0.658. The van der Waals surface area contributed by atoms with Gasteiger partial charge in [-0.15, -0.1) is 0 Å². The first-order chi connectivity index (χ1) is 13.2. The van der Waals surface area contributed by atoms with Crippen LogP contribution in [-0.4, -0.2) is 42.4 Å². The lowest BCUT2D eigenvalue weighted by Crippen LogP contribution is -2.35. The molecule has 1 amide bonds. The van der Waals surface area contributed by atoms with Crippen molar-refractivity contribution in [1.29, 1.82) is 0 Å². The van der Waals surface area contributed by atoms with E-state index in [4.69, 9.17) is 9.47 Å². The van der Waals surface area contributed by atoms with Crippen LogP contribution >= 0.6 is 0 Å². The van der Waals surface area contributed by atoms with E-state index >= 15 is 0 Å². The number of aromatic nitrogens is 1. The van der Waals surface area contributed by atoms with E-state index in [-0.39, 0.29) is 25.5 Å². The van der Waals surface area contributed by atoms with Crippen LogP contribution in [0.1, 0.15) is 11.1 Å². The minimum absolute atomic E-state index is 0.131. The van der Waals surface area contributed by atoms with E-state index in [9.17, 15) is 9.90 Å². The van der Waals surface area contributed by atoms with Crippen LogP contribution in [0.25, 0.3) is 10.9 Å². The Morgan fingerprint density at radius 3 is 2.74 bits per heavy atom. The molecule has 2 aromatic carbocycles. The Balaban J connectivity index is 1.38. The van der Waals surface area contributed by atoms with Crippen molar-refractivity contribution in [3.63, 3.8) is 0 Å². The molecule has 0 saturated carbocycles. The maximum absolute atomic E-state index is 12.1. The van der Waals surface area contributed by atoms with Gasteiger partial charge in [-0.3, -0.25) is 4.79 Å². The highest BCUT2D eigenvalue weighted by atomic mass is 16.5. The molecular weight excluding hydrogens is 344 g/mol. The summed E-state index contributed by atoms with van der Waals surface area (Å²) < 4.78 is 10.6. The molecule has 0 bridgehead atoms. The number of carbonyl (C=O) groups excluding carboxylic acids is 1. The largest absolute Gasteiger partial charge is 0.497 e. The molecule has 27 heavy (non-hydrogen) atoms. The minimum Gasteiger partial charge on any atom is -0.497 e. The van der Waals surface area contributed by atoms with Crippen LogP contribution in [-0.2, 0) is 22.6 Å². The number of aliphatic hydroxyl groups is 1. The van der Waals surface area contributed by atoms with E-state index in [0.29, 0.717) is 6.61 Å². The molecule has 3 rings (SSSR count). The first kappa shape index (κ1) is 18.9. The molecule has 0 radical (unpaired) electrons. The van der Waals surface area contributed by atoms with Gasteiger partial charge in [-0.1, -0.05) is 30.3 Å². The van der Waals surface area contributed by atoms with Crippen molar-refractivity contribution < 1.29 is 19.4 Å². The lowest BCUT2D eigenvalue weighted by atomic mass is 10.1. The van der Waals surface area contributed by atoms with Crippen LogP contribution in [0.5, 0.6) is 5.75 Å². The van der Waals surface area contributed by atoms with Crippen LogP contribution in [0.4, 0.5) is 0 Å². The van der Waals surface area contributed by atoms with Crippen molar-refractivity contribution in [1.82, 2.24) is 10.3 Å². The topological polar surface area (TPSA) is 83.6 Å². The molecule has 6 heteroatoms. The Labute approximate surface area is 158 Å². The maximum atomic E-state index is 12.1. The second-order valence-corrected chi connectivity index (χ2v) is 6.36. The smallest absolute Gasteiger partial charge is 0.224 e. The summed E-state index contributed by atoms with van der Waals surface area (Å²) in [4.78, 5) is 15.3. The number of H-pyrrole nitrogens is 1. The van der Waals surface area contributed by atoms with E-state index in [0.717, 1.165) is 27.8 Å². The Morgan fingerprint density at radius 1 is 1.19 bits per heavy atom. The third-order valence-corrected chi connectivity index (χ3v) is 4.30. The van der Waals surface area contributed by atoms with Gasteiger partial charge in [0.05, 0.1) is 32.8 Å². The van der Waals surface area contributed by atoms with Crippen LogP contribution in [0.15, 0.2) is 54.7 Å². The summed E-state index contributed by atoms with van der Waals surface area (Å²) >= 11 is 0. The van der Waals surface area contributed by atoms with Crippen molar-refractivity contribution in [2.24, 2.45) is 0 Å². The number of amides is 1. The number of rotatable bonds is 9. The predicted octanol–water partition coefficient (Wildman–Crippen LogP) is 2.41. The summed E-state index contributed by atoms with van der Waals surface area (Å²) in [6.07, 6.45) is 1.36. The normalized spacial score (nSPS) is 12.1. The Morgan fingerprint density at radius 2 is 1.96 bits per heavy atom. The van der Waals surface area contributed by atoms with Crippen molar-refractivity contribution in [3.05, 3.63) is 65.9 Å². The van der Waals surface area contributed by atoms with E-state index in [1.165, 1.54) is 0 Å². The first-order valence-electron chi connectivity index (χ1n) is 8.86. The zero-order valence-electron chi connectivity index (χ0n) is 15.3. The third-order valence-electron chi connectivity index (χ3n) is 4.30. The molecule has 0 aliphatic rings. The van der Waals surface area contributed by atoms with Crippen molar-refractivity contribution in [2.75, 3.05) is 20.3 Å². The molecule has 6 nitrogen and oxygen atoms in total. The van der Waals surface area contributed by atoms with Gasteiger partial charge >= 0.3 is 0 Å². The number of hydrogen-bond donors (Lipinski definition) is 3. The van der Waals surface area contributed by atoms with Crippen LogP contribution in [0, 0.1) is 0 Å². The summed E-state index contributed by atoms with van der Waals surface area (Å²) in [7, 11) is 1.62. The van der Waals surface area contributed by atoms with Gasteiger partial charge in [-0.2, -0.15) is 0 Å². The monoisotopic (exact) mass is 368 g/mol. The third kappa shape index (κ3) is 5.32. The van der Waals surface area contributed by atoms with Crippen LogP contribution < -0.4 is 10.1 Å². The van der Waals surface area contributed by atoms with E-state index in [1.807, 2.05) is 54.7 Å². The standard InChI is InChI=1S/C21H24N2O4/c1-26-18-8-6-15(7-9-18)13-27-14-17(24)12-23-21(25)10-16-11-22-20-5-3-2-4-19(16)20/h2-9,11,17,22,24H,10,12-14H2,1H3,(H,23,25)/t17-/m0/s1. The van der Waals surface area contributed by atoms with Gasteiger partial charge in [0.15, 0.2) is 0 Å². The van der Waals surface area contributed by atoms with E-state index in [1.54, 1.807) is 7.11 Å². The number of benzene rings is 2. The molecule has 3 N–H and O–H groups in total. The van der Waals surface area contributed by atoms with Gasteiger partial charge in [0.1, 0.15) is 5.75 Å². The fraction of sp³-hybridized carbons (Fsp3) is 0.286. The van der Waals surface area contributed by atoms with Crippen LogP contribution in [0.3, 0.4) is 0 Å². The molecule has 0 unspecified atom stereocenters. The Bertz CT molecular complexity index is 873. The maximum Gasteiger partial charge on any atom is 0.224 e.